The van der Waals surface area contributed by atoms with Crippen LogP contribution >= 0.6 is 11.6 Å². The van der Waals surface area contributed by atoms with E-state index in [0.717, 1.165) is 6.07 Å². The van der Waals surface area contributed by atoms with Gasteiger partial charge in [-0.2, -0.15) is 0 Å². The van der Waals surface area contributed by atoms with Crippen LogP contribution in [0.5, 0.6) is 0 Å². The zero-order valence-corrected chi connectivity index (χ0v) is 11.8. The third kappa shape index (κ3) is 2.33. The van der Waals surface area contributed by atoms with Gasteiger partial charge in [-0.05, 0) is 26.0 Å². The van der Waals surface area contributed by atoms with E-state index in [4.69, 9.17) is 11.6 Å². The van der Waals surface area contributed by atoms with Crippen LogP contribution in [0.3, 0.4) is 0 Å². The summed E-state index contributed by atoms with van der Waals surface area (Å²) in [6.07, 6.45) is 0. The number of nitro groups is 1. The van der Waals surface area contributed by atoms with Crippen molar-refractivity contribution in [3.63, 3.8) is 0 Å². The maximum Gasteiger partial charge on any atom is 0.335 e. The van der Waals surface area contributed by atoms with E-state index in [9.17, 15) is 24.5 Å². The average Bonchev–Trinajstić information content (AvgIpc) is 2.38. The summed E-state index contributed by atoms with van der Waals surface area (Å²) in [5.74, 6) is -1.50. The van der Waals surface area contributed by atoms with Crippen molar-refractivity contribution in [3.05, 3.63) is 33.3 Å². The molecule has 1 aromatic rings. The number of hydrogen-bond acceptors (Lipinski definition) is 5. The smallest absolute Gasteiger partial charge is 0.276 e. The SMILES string of the molecule is CC1(C)C(=O)NC(=O)N(c2ccc(Cl)c([N+](=O)[O-])c2)C1=O. The fourth-order valence-corrected chi connectivity index (χ4v) is 1.98. The molecule has 8 nitrogen and oxygen atoms in total. The van der Waals surface area contributed by atoms with Gasteiger partial charge in [0.15, 0.2) is 0 Å². The summed E-state index contributed by atoms with van der Waals surface area (Å²) < 4.78 is 0. The summed E-state index contributed by atoms with van der Waals surface area (Å²) in [5, 5.41) is 12.8. The Bertz CT molecular complexity index is 685. The molecule has 0 bridgehead atoms. The first-order valence-corrected chi connectivity index (χ1v) is 6.18. The van der Waals surface area contributed by atoms with Gasteiger partial charge in [0.25, 0.3) is 5.69 Å². The highest BCUT2D eigenvalue weighted by atomic mass is 35.5. The number of carbonyl (C=O) groups excluding carboxylic acids is 3. The summed E-state index contributed by atoms with van der Waals surface area (Å²) in [6.45, 7) is 2.71. The van der Waals surface area contributed by atoms with Gasteiger partial charge in [-0.25, -0.2) is 9.69 Å². The molecule has 0 atom stereocenters. The van der Waals surface area contributed by atoms with E-state index in [2.05, 4.69) is 0 Å². The molecule has 21 heavy (non-hydrogen) atoms. The lowest BCUT2D eigenvalue weighted by Gasteiger charge is -2.34. The van der Waals surface area contributed by atoms with Crippen molar-refractivity contribution in [2.75, 3.05) is 4.90 Å². The first-order chi connectivity index (χ1) is 9.66. The molecule has 110 valence electrons. The molecule has 0 aromatic heterocycles. The van der Waals surface area contributed by atoms with Crippen LogP contribution in [0.2, 0.25) is 5.02 Å². The van der Waals surface area contributed by atoms with Crippen LogP contribution in [0, 0.1) is 15.5 Å². The summed E-state index contributed by atoms with van der Waals surface area (Å²) in [7, 11) is 0. The number of nitro benzene ring substituents is 1. The van der Waals surface area contributed by atoms with Gasteiger partial charge in [-0.1, -0.05) is 11.6 Å². The first kappa shape index (κ1) is 14.9. The number of benzene rings is 1. The van der Waals surface area contributed by atoms with Crippen molar-refractivity contribution < 1.29 is 19.3 Å². The zero-order valence-electron chi connectivity index (χ0n) is 11.0. The lowest BCUT2D eigenvalue weighted by Crippen LogP contribution is -2.62. The van der Waals surface area contributed by atoms with E-state index < -0.39 is 33.9 Å². The van der Waals surface area contributed by atoms with Gasteiger partial charge >= 0.3 is 6.03 Å². The van der Waals surface area contributed by atoms with E-state index in [0.29, 0.717) is 4.90 Å². The zero-order chi connectivity index (χ0) is 15.9. The van der Waals surface area contributed by atoms with Gasteiger partial charge in [0.1, 0.15) is 10.4 Å². The molecule has 0 saturated carbocycles. The fourth-order valence-electron chi connectivity index (χ4n) is 1.79. The third-order valence-corrected chi connectivity index (χ3v) is 3.43. The van der Waals surface area contributed by atoms with Crippen molar-refractivity contribution in [3.8, 4) is 0 Å². The molecule has 1 aliphatic rings. The van der Waals surface area contributed by atoms with Gasteiger partial charge in [0, 0.05) is 6.07 Å². The number of rotatable bonds is 2. The number of amides is 4. The molecule has 1 N–H and O–H groups in total. The van der Waals surface area contributed by atoms with Gasteiger partial charge in [-0.3, -0.25) is 25.0 Å². The number of anilines is 1. The maximum atomic E-state index is 12.3. The lowest BCUT2D eigenvalue weighted by molar-refractivity contribution is -0.384. The van der Waals surface area contributed by atoms with Crippen molar-refractivity contribution >= 4 is 40.8 Å². The van der Waals surface area contributed by atoms with Crippen LogP contribution in [-0.4, -0.2) is 22.8 Å². The maximum absolute atomic E-state index is 12.3. The van der Waals surface area contributed by atoms with E-state index in [1.54, 1.807) is 0 Å². The second kappa shape index (κ2) is 4.81. The van der Waals surface area contributed by atoms with Crippen molar-refractivity contribution in [2.45, 2.75) is 13.8 Å². The van der Waals surface area contributed by atoms with Crippen LogP contribution in [0.15, 0.2) is 18.2 Å². The summed E-state index contributed by atoms with van der Waals surface area (Å²) >= 11 is 5.68. The first-order valence-electron chi connectivity index (χ1n) is 5.80. The molecule has 1 aromatic carbocycles. The molecule has 0 radical (unpaired) electrons. The Hall–Kier alpha value is -2.48. The predicted molar refractivity (Wildman–Crippen MR) is 72.9 cm³/mol. The standard InChI is InChI=1S/C12H10ClN3O5/c1-12(2)9(17)14-11(19)15(10(12)18)6-3-4-7(13)8(5-6)16(20)21/h3-5H,1-2H3,(H,14,17,19). The minimum Gasteiger partial charge on any atom is -0.276 e. The molecule has 1 aliphatic heterocycles. The molecular weight excluding hydrogens is 302 g/mol. The van der Waals surface area contributed by atoms with Crippen molar-refractivity contribution in [1.29, 1.82) is 0 Å². The quantitative estimate of drug-likeness (QED) is 0.509. The highest BCUT2D eigenvalue weighted by Gasteiger charge is 2.47. The van der Waals surface area contributed by atoms with Crippen LogP contribution in [0.25, 0.3) is 0 Å². The topological polar surface area (TPSA) is 110 Å². The van der Waals surface area contributed by atoms with E-state index in [-0.39, 0.29) is 10.7 Å². The van der Waals surface area contributed by atoms with E-state index in [1.807, 2.05) is 5.32 Å². The summed E-state index contributed by atoms with van der Waals surface area (Å²) in [6, 6.07) is 2.55. The molecular formula is C12H10ClN3O5. The average molecular weight is 312 g/mol. The lowest BCUT2D eigenvalue weighted by atomic mass is 9.88. The summed E-state index contributed by atoms with van der Waals surface area (Å²) in [5.41, 5.74) is -1.93. The van der Waals surface area contributed by atoms with Gasteiger partial charge < -0.3 is 0 Å². The molecule has 1 saturated heterocycles. The number of carbonyl (C=O) groups is 3. The predicted octanol–water partition coefficient (Wildman–Crippen LogP) is 1.86. The highest BCUT2D eigenvalue weighted by molar-refractivity contribution is 6.33. The Morgan fingerprint density at radius 2 is 1.90 bits per heavy atom. The Balaban J connectivity index is 2.53. The van der Waals surface area contributed by atoms with Gasteiger partial charge in [0.05, 0.1) is 10.6 Å². The van der Waals surface area contributed by atoms with Crippen LogP contribution < -0.4 is 10.2 Å². The molecule has 2 rings (SSSR count). The fraction of sp³-hybridized carbons (Fsp3) is 0.250. The van der Waals surface area contributed by atoms with E-state index in [1.165, 1.54) is 26.0 Å². The minimum atomic E-state index is -1.46. The Morgan fingerprint density at radius 1 is 1.29 bits per heavy atom. The molecule has 0 spiro atoms. The third-order valence-electron chi connectivity index (χ3n) is 3.11. The second-order valence-corrected chi connectivity index (χ2v) is 5.32. The molecule has 4 amide bonds. The molecule has 9 heteroatoms. The van der Waals surface area contributed by atoms with Gasteiger partial charge in [-0.15, -0.1) is 0 Å². The monoisotopic (exact) mass is 311 g/mol. The van der Waals surface area contributed by atoms with Crippen molar-refractivity contribution in [2.24, 2.45) is 5.41 Å². The Labute approximate surface area is 123 Å². The number of nitrogens with one attached hydrogen (secondary N) is 1. The Morgan fingerprint density at radius 3 is 2.48 bits per heavy atom. The summed E-state index contributed by atoms with van der Waals surface area (Å²) in [4.78, 5) is 46.6. The number of hydrogen-bond donors (Lipinski definition) is 1. The number of barbiturate groups is 1. The number of halogens is 1. The van der Waals surface area contributed by atoms with Crippen molar-refractivity contribution in [1.82, 2.24) is 5.32 Å². The second-order valence-electron chi connectivity index (χ2n) is 4.92. The molecule has 1 fully saturated rings. The largest absolute Gasteiger partial charge is 0.335 e. The normalized spacial score (nSPS) is 17.7. The minimum absolute atomic E-state index is 0.0332. The number of imide groups is 2. The van der Waals surface area contributed by atoms with E-state index >= 15 is 0 Å². The Kier molecular flexibility index (Phi) is 3.42. The van der Waals surface area contributed by atoms with Crippen LogP contribution in [0.1, 0.15) is 13.8 Å². The number of nitrogens with zero attached hydrogens (tertiary/aromatic N) is 2. The molecule has 0 aliphatic carbocycles. The van der Waals surface area contributed by atoms with Crippen LogP contribution in [0.4, 0.5) is 16.2 Å². The molecule has 0 unspecified atom stereocenters. The number of urea groups is 1. The van der Waals surface area contributed by atoms with Gasteiger partial charge in [0.2, 0.25) is 11.8 Å². The highest BCUT2D eigenvalue weighted by Crippen LogP contribution is 2.33. The van der Waals surface area contributed by atoms with Crippen LogP contribution in [-0.2, 0) is 9.59 Å². The molecule has 1 heterocycles.